The Morgan fingerprint density at radius 1 is 1.25 bits per heavy atom. The second-order valence-electron chi connectivity index (χ2n) is 2.09. The van der Waals surface area contributed by atoms with Gasteiger partial charge in [-0.1, -0.05) is 5.16 Å². The molecule has 0 atom stereocenters. The maximum absolute atomic E-state index is 4.88. The summed E-state index contributed by atoms with van der Waals surface area (Å²) in [6.45, 7) is 0. The molecule has 0 N–H and O–H groups in total. The van der Waals surface area contributed by atoms with E-state index in [0.29, 0.717) is 11.5 Å². The molecule has 4 nitrogen and oxygen atoms in total. The Balaban J connectivity index is 2.45. The van der Waals surface area contributed by atoms with Crippen molar-refractivity contribution in [1.82, 2.24) is 15.1 Å². The Bertz CT molecular complexity index is 373. The predicted octanol–water partition coefficient (Wildman–Crippen LogP) is 1.74. The Hall–Kier alpha value is -0.980. The van der Waals surface area contributed by atoms with Crippen LogP contribution in [0.4, 0.5) is 0 Å². The predicted molar refractivity (Wildman–Crippen MR) is 50.2 cm³/mol. The fraction of sp³-hybridized carbons (Fsp3) is 0. The van der Waals surface area contributed by atoms with Crippen LogP contribution in [0.2, 0.25) is 0 Å². The third kappa shape index (κ3) is 1.45. The van der Waals surface area contributed by atoms with Crippen molar-refractivity contribution in [2.75, 3.05) is 0 Å². The molecule has 0 saturated heterocycles. The van der Waals surface area contributed by atoms with Gasteiger partial charge in [-0.15, -0.1) is 0 Å². The lowest BCUT2D eigenvalue weighted by molar-refractivity contribution is 0.399. The summed E-state index contributed by atoms with van der Waals surface area (Å²) >= 11 is 2.04. The third-order valence-electron chi connectivity index (χ3n) is 1.28. The Morgan fingerprint density at radius 3 is 2.58 bits per heavy atom. The molecule has 0 fully saturated rings. The van der Waals surface area contributed by atoms with Crippen LogP contribution in [0, 0.1) is 3.77 Å². The molecular weight excluding hydrogens is 269 g/mol. The number of hydrogen-bond acceptors (Lipinski definition) is 4. The van der Waals surface area contributed by atoms with Crippen LogP contribution < -0.4 is 0 Å². The van der Waals surface area contributed by atoms with E-state index in [-0.39, 0.29) is 0 Å². The molecule has 0 aliphatic rings. The van der Waals surface area contributed by atoms with Crippen LogP contribution in [0.15, 0.2) is 29.0 Å². The van der Waals surface area contributed by atoms with Gasteiger partial charge in [0, 0.05) is 41.1 Å². The number of halogens is 1. The highest BCUT2D eigenvalue weighted by atomic mass is 127. The fourth-order valence-electron chi connectivity index (χ4n) is 0.790. The zero-order valence-corrected chi connectivity index (χ0v) is 8.09. The van der Waals surface area contributed by atoms with Gasteiger partial charge in [0.15, 0.2) is 15.3 Å². The van der Waals surface area contributed by atoms with Crippen molar-refractivity contribution in [3.05, 3.63) is 28.3 Å². The average molecular weight is 273 g/mol. The highest BCUT2D eigenvalue weighted by Crippen LogP contribution is 2.14. The summed E-state index contributed by atoms with van der Waals surface area (Å²) in [6, 6.07) is 3.55. The molecule has 2 rings (SSSR count). The lowest BCUT2D eigenvalue weighted by Gasteiger charge is -1.88. The summed E-state index contributed by atoms with van der Waals surface area (Å²) in [7, 11) is 0. The van der Waals surface area contributed by atoms with E-state index in [0.717, 1.165) is 3.77 Å². The molecular formula is C7H4IN3O. The van der Waals surface area contributed by atoms with E-state index >= 15 is 0 Å². The van der Waals surface area contributed by atoms with E-state index in [1.807, 2.05) is 22.6 Å². The molecule has 0 amide bonds. The summed E-state index contributed by atoms with van der Waals surface area (Å²) in [5.41, 5.74) is 0.667. The Morgan fingerprint density at radius 2 is 2.00 bits per heavy atom. The van der Waals surface area contributed by atoms with Gasteiger partial charge < -0.3 is 4.52 Å². The highest BCUT2D eigenvalue weighted by molar-refractivity contribution is 14.1. The minimum absolute atomic E-state index is 0.587. The van der Waals surface area contributed by atoms with Crippen LogP contribution in [0.3, 0.4) is 0 Å². The van der Waals surface area contributed by atoms with Crippen LogP contribution in [0.25, 0.3) is 11.5 Å². The first kappa shape index (κ1) is 7.66. The fourth-order valence-corrected chi connectivity index (χ4v) is 1.18. The second-order valence-corrected chi connectivity index (χ2v) is 3.15. The minimum Gasteiger partial charge on any atom is -0.350 e. The third-order valence-corrected chi connectivity index (χ3v) is 1.78. The summed E-state index contributed by atoms with van der Waals surface area (Å²) in [5, 5.41) is 3.78. The standard InChI is InChI=1S/C7H4IN3O/c8-6-4-5(11-12-6)7-9-2-1-3-10-7/h1-4H. The van der Waals surface area contributed by atoms with Gasteiger partial charge in [-0.2, -0.15) is 0 Å². The van der Waals surface area contributed by atoms with Gasteiger partial charge in [0.1, 0.15) is 0 Å². The molecule has 0 saturated carbocycles. The van der Waals surface area contributed by atoms with Gasteiger partial charge >= 0.3 is 0 Å². The molecule has 0 bridgehead atoms. The molecule has 0 unspecified atom stereocenters. The van der Waals surface area contributed by atoms with E-state index in [9.17, 15) is 0 Å². The van der Waals surface area contributed by atoms with Crippen molar-refractivity contribution >= 4 is 22.6 Å². The van der Waals surface area contributed by atoms with Crippen LogP contribution in [0.5, 0.6) is 0 Å². The van der Waals surface area contributed by atoms with E-state index < -0.39 is 0 Å². The molecule has 0 aliphatic heterocycles. The molecule has 5 heteroatoms. The zero-order chi connectivity index (χ0) is 8.39. The van der Waals surface area contributed by atoms with Crippen LogP contribution in [0.1, 0.15) is 0 Å². The number of hydrogen-bond donors (Lipinski definition) is 0. The smallest absolute Gasteiger partial charge is 0.197 e. The highest BCUT2D eigenvalue weighted by Gasteiger charge is 2.05. The maximum Gasteiger partial charge on any atom is 0.197 e. The van der Waals surface area contributed by atoms with Crippen molar-refractivity contribution in [2.45, 2.75) is 0 Å². The molecule has 0 spiro atoms. The van der Waals surface area contributed by atoms with Crippen LogP contribution in [-0.2, 0) is 0 Å². The van der Waals surface area contributed by atoms with Gasteiger partial charge in [-0.25, -0.2) is 9.97 Å². The second kappa shape index (κ2) is 3.18. The average Bonchev–Trinajstić information content (AvgIpc) is 2.54. The SMILES string of the molecule is Ic1cc(-c2ncccn2)no1. The van der Waals surface area contributed by atoms with Crippen LogP contribution in [-0.4, -0.2) is 15.1 Å². The topological polar surface area (TPSA) is 51.8 Å². The van der Waals surface area contributed by atoms with E-state index in [1.54, 1.807) is 24.5 Å². The molecule has 2 heterocycles. The molecule has 12 heavy (non-hydrogen) atoms. The van der Waals surface area contributed by atoms with Crippen molar-refractivity contribution in [2.24, 2.45) is 0 Å². The molecule has 0 aliphatic carbocycles. The van der Waals surface area contributed by atoms with E-state index in [1.165, 1.54) is 0 Å². The van der Waals surface area contributed by atoms with E-state index in [2.05, 4.69) is 15.1 Å². The first-order valence-corrected chi connectivity index (χ1v) is 4.34. The van der Waals surface area contributed by atoms with Crippen LogP contribution >= 0.6 is 22.6 Å². The zero-order valence-electron chi connectivity index (χ0n) is 5.94. The van der Waals surface area contributed by atoms with Gasteiger partial charge in [-0.3, -0.25) is 0 Å². The lowest BCUT2D eigenvalue weighted by atomic mass is 10.4. The van der Waals surface area contributed by atoms with Gasteiger partial charge in [0.2, 0.25) is 0 Å². The summed E-state index contributed by atoms with van der Waals surface area (Å²) in [4.78, 5) is 8.05. The van der Waals surface area contributed by atoms with Crippen molar-refractivity contribution < 1.29 is 4.52 Å². The normalized spacial score (nSPS) is 10.1. The minimum atomic E-state index is 0.587. The number of nitrogens with zero attached hydrogens (tertiary/aromatic N) is 3. The van der Waals surface area contributed by atoms with Gasteiger partial charge in [-0.05, 0) is 6.07 Å². The van der Waals surface area contributed by atoms with Crippen molar-refractivity contribution in [1.29, 1.82) is 0 Å². The summed E-state index contributed by atoms with van der Waals surface area (Å²) in [6.07, 6.45) is 3.34. The number of rotatable bonds is 1. The monoisotopic (exact) mass is 273 g/mol. The Kier molecular flexibility index (Phi) is 2.03. The number of aromatic nitrogens is 3. The quantitative estimate of drug-likeness (QED) is 0.742. The largest absolute Gasteiger partial charge is 0.350 e. The van der Waals surface area contributed by atoms with Gasteiger partial charge in [0.25, 0.3) is 0 Å². The van der Waals surface area contributed by atoms with Crippen molar-refractivity contribution in [3.63, 3.8) is 0 Å². The van der Waals surface area contributed by atoms with Crippen molar-refractivity contribution in [3.8, 4) is 11.5 Å². The maximum atomic E-state index is 4.88. The Labute approximate surface area is 82.2 Å². The first-order chi connectivity index (χ1) is 5.86. The molecule has 60 valence electrons. The first-order valence-electron chi connectivity index (χ1n) is 3.26. The molecule has 0 aromatic carbocycles. The molecule has 2 aromatic heterocycles. The molecule has 0 radical (unpaired) electrons. The summed E-state index contributed by atoms with van der Waals surface area (Å²) in [5.74, 6) is 0.587. The summed E-state index contributed by atoms with van der Waals surface area (Å²) < 4.78 is 5.61. The van der Waals surface area contributed by atoms with Gasteiger partial charge in [0.05, 0.1) is 0 Å². The van der Waals surface area contributed by atoms with E-state index in [4.69, 9.17) is 4.52 Å². The molecule has 2 aromatic rings. The lowest BCUT2D eigenvalue weighted by Crippen LogP contribution is -1.85.